The van der Waals surface area contributed by atoms with Crippen LogP contribution in [0.2, 0.25) is 0 Å². The lowest BCUT2D eigenvalue weighted by atomic mass is 9.92. The Labute approximate surface area is 192 Å². The molecule has 0 atom stereocenters. The lowest BCUT2D eigenvalue weighted by molar-refractivity contribution is 0.0227. The molecule has 2 aromatic rings. The van der Waals surface area contributed by atoms with E-state index in [1.807, 2.05) is 18.7 Å². The number of ether oxygens (including phenoxy) is 2. The van der Waals surface area contributed by atoms with E-state index >= 15 is 0 Å². The van der Waals surface area contributed by atoms with Crippen molar-refractivity contribution < 1.29 is 23.0 Å². The van der Waals surface area contributed by atoms with E-state index in [2.05, 4.69) is 10.3 Å². The summed E-state index contributed by atoms with van der Waals surface area (Å²) in [7, 11) is 2.75. The van der Waals surface area contributed by atoms with E-state index in [9.17, 15) is 13.6 Å². The van der Waals surface area contributed by atoms with Crippen LogP contribution in [0.15, 0.2) is 30.3 Å². The third-order valence-electron chi connectivity index (χ3n) is 5.75. The summed E-state index contributed by atoms with van der Waals surface area (Å²) in [6.45, 7) is 4.58. The molecule has 2 N–H and O–H groups in total. The van der Waals surface area contributed by atoms with Crippen LogP contribution in [0.5, 0.6) is 0 Å². The SMILES string of the molecule is COCC1(F)CCN(c2cc(C(=O)OC)nc(Nc3ccc(F)cc3)c2C(=N)C(C)C)CC1. The maximum absolute atomic E-state index is 15.0. The number of hydrogen-bond acceptors (Lipinski definition) is 7. The fourth-order valence-corrected chi connectivity index (χ4v) is 3.86. The minimum atomic E-state index is -1.41. The normalized spacial score (nSPS) is 15.4. The van der Waals surface area contributed by atoms with Crippen LogP contribution in [-0.4, -0.2) is 56.2 Å². The van der Waals surface area contributed by atoms with Gasteiger partial charge in [0.2, 0.25) is 0 Å². The van der Waals surface area contributed by atoms with E-state index in [0.717, 1.165) is 0 Å². The second-order valence-corrected chi connectivity index (χ2v) is 8.51. The molecule has 0 bridgehead atoms. The first kappa shape index (κ1) is 24.6. The monoisotopic (exact) mass is 460 g/mol. The lowest BCUT2D eigenvalue weighted by Crippen LogP contribution is -2.45. The average Bonchev–Trinajstić information content (AvgIpc) is 2.79. The minimum Gasteiger partial charge on any atom is -0.464 e. The number of carbonyl (C=O) groups excluding carboxylic acids is 1. The zero-order valence-electron chi connectivity index (χ0n) is 19.4. The maximum atomic E-state index is 15.0. The van der Waals surface area contributed by atoms with Crippen LogP contribution in [-0.2, 0) is 9.47 Å². The highest BCUT2D eigenvalue weighted by Gasteiger charge is 2.36. The van der Waals surface area contributed by atoms with Gasteiger partial charge in [-0.15, -0.1) is 0 Å². The van der Waals surface area contributed by atoms with Crippen LogP contribution in [0, 0.1) is 17.1 Å². The second kappa shape index (κ2) is 10.2. The highest BCUT2D eigenvalue weighted by Crippen LogP contribution is 2.36. The third-order valence-corrected chi connectivity index (χ3v) is 5.75. The molecule has 0 aliphatic carbocycles. The fourth-order valence-electron chi connectivity index (χ4n) is 3.86. The van der Waals surface area contributed by atoms with Crippen molar-refractivity contribution >= 4 is 28.9 Å². The predicted octanol–water partition coefficient (Wildman–Crippen LogP) is 4.73. The van der Waals surface area contributed by atoms with E-state index in [-0.39, 0.29) is 42.7 Å². The van der Waals surface area contributed by atoms with Crippen molar-refractivity contribution in [2.45, 2.75) is 32.4 Å². The molecule has 0 spiro atoms. The van der Waals surface area contributed by atoms with Gasteiger partial charge in [0, 0.05) is 44.4 Å². The topological polar surface area (TPSA) is 87.5 Å². The summed E-state index contributed by atoms with van der Waals surface area (Å²) in [6, 6.07) is 7.31. The van der Waals surface area contributed by atoms with Crippen molar-refractivity contribution in [3.63, 3.8) is 0 Å². The summed E-state index contributed by atoms with van der Waals surface area (Å²) < 4.78 is 38.3. The van der Waals surface area contributed by atoms with Crippen LogP contribution >= 0.6 is 0 Å². The number of aromatic nitrogens is 1. The van der Waals surface area contributed by atoms with Gasteiger partial charge in [0.05, 0.1) is 25.0 Å². The summed E-state index contributed by atoms with van der Waals surface area (Å²) in [6.07, 6.45) is 0.512. The van der Waals surface area contributed by atoms with Gasteiger partial charge in [0.15, 0.2) is 5.69 Å². The molecule has 0 unspecified atom stereocenters. The Bertz CT molecular complexity index is 1000. The molecule has 0 saturated carbocycles. The molecule has 0 amide bonds. The number of alkyl halides is 1. The van der Waals surface area contributed by atoms with Gasteiger partial charge in [-0.05, 0) is 36.2 Å². The van der Waals surface area contributed by atoms with Crippen molar-refractivity contribution in [3.05, 3.63) is 47.4 Å². The van der Waals surface area contributed by atoms with E-state index in [4.69, 9.17) is 14.9 Å². The summed E-state index contributed by atoms with van der Waals surface area (Å²) >= 11 is 0. The van der Waals surface area contributed by atoms with Gasteiger partial charge in [-0.1, -0.05) is 13.8 Å². The van der Waals surface area contributed by atoms with Crippen molar-refractivity contribution in [2.24, 2.45) is 5.92 Å². The molecule has 2 heterocycles. The Morgan fingerprint density at radius 2 is 1.88 bits per heavy atom. The number of rotatable bonds is 8. The van der Waals surface area contributed by atoms with Crippen molar-refractivity contribution in [1.82, 2.24) is 4.98 Å². The number of esters is 1. The van der Waals surface area contributed by atoms with Gasteiger partial charge in [-0.3, -0.25) is 0 Å². The van der Waals surface area contributed by atoms with Crippen molar-refractivity contribution in [3.8, 4) is 0 Å². The smallest absolute Gasteiger partial charge is 0.356 e. The number of piperidine rings is 1. The molecule has 3 rings (SSSR count). The Kier molecular flexibility index (Phi) is 7.63. The Morgan fingerprint density at radius 3 is 2.42 bits per heavy atom. The van der Waals surface area contributed by atoms with Crippen LogP contribution in [0.25, 0.3) is 0 Å². The van der Waals surface area contributed by atoms with Crippen LogP contribution in [0.4, 0.5) is 26.0 Å². The fraction of sp³-hybridized carbons (Fsp3) is 0.458. The van der Waals surface area contributed by atoms with Gasteiger partial charge in [-0.2, -0.15) is 0 Å². The largest absolute Gasteiger partial charge is 0.464 e. The molecule has 1 aromatic carbocycles. The molecule has 1 aromatic heterocycles. The van der Waals surface area contributed by atoms with Gasteiger partial charge >= 0.3 is 5.97 Å². The highest BCUT2D eigenvalue weighted by atomic mass is 19.1. The Hall–Kier alpha value is -3.07. The minimum absolute atomic E-state index is 0.0244. The summed E-state index contributed by atoms with van der Waals surface area (Å²) in [4.78, 5) is 18.8. The lowest BCUT2D eigenvalue weighted by Gasteiger charge is -2.38. The van der Waals surface area contributed by atoms with E-state index in [1.54, 1.807) is 18.2 Å². The molecule has 1 saturated heterocycles. The van der Waals surface area contributed by atoms with E-state index in [0.29, 0.717) is 35.7 Å². The van der Waals surface area contributed by atoms with Crippen LogP contribution in [0.1, 0.15) is 42.7 Å². The number of nitrogens with one attached hydrogen (secondary N) is 2. The summed E-state index contributed by atoms with van der Waals surface area (Å²) in [5, 5.41) is 11.9. The second-order valence-electron chi connectivity index (χ2n) is 8.51. The van der Waals surface area contributed by atoms with Crippen LogP contribution < -0.4 is 10.2 Å². The molecule has 0 radical (unpaired) electrons. The molecule has 1 aliphatic rings. The number of anilines is 3. The number of nitrogens with zero attached hydrogens (tertiary/aromatic N) is 2. The Balaban J connectivity index is 2.10. The first-order valence-corrected chi connectivity index (χ1v) is 10.8. The standard InChI is InChI=1S/C24H30F2N4O3/c1-15(2)21(27)20-19(30-11-9-24(26,10-12-30)14-32-3)13-18(23(31)33-4)29-22(20)28-17-7-5-16(25)6-8-17/h5-8,13,15,27H,9-12,14H2,1-4H3,(H,28,29). The maximum Gasteiger partial charge on any atom is 0.356 e. The quantitative estimate of drug-likeness (QED) is 0.438. The summed E-state index contributed by atoms with van der Waals surface area (Å²) in [5.41, 5.74) is 0.632. The predicted molar refractivity (Wildman–Crippen MR) is 124 cm³/mol. The van der Waals surface area contributed by atoms with Gasteiger partial charge < -0.3 is 25.1 Å². The van der Waals surface area contributed by atoms with Gasteiger partial charge in [0.1, 0.15) is 17.3 Å². The molecule has 7 nitrogen and oxygen atoms in total. The summed E-state index contributed by atoms with van der Waals surface area (Å²) in [5.74, 6) is -0.863. The number of methoxy groups -OCH3 is 2. The molecule has 178 valence electrons. The number of carbonyl (C=O) groups is 1. The van der Waals surface area contributed by atoms with Crippen molar-refractivity contribution in [1.29, 1.82) is 5.41 Å². The zero-order chi connectivity index (χ0) is 24.2. The molecular formula is C24H30F2N4O3. The highest BCUT2D eigenvalue weighted by molar-refractivity contribution is 6.09. The van der Waals surface area contributed by atoms with Crippen molar-refractivity contribution in [2.75, 3.05) is 44.1 Å². The number of pyridine rings is 1. The van der Waals surface area contributed by atoms with E-state index < -0.39 is 11.6 Å². The van der Waals surface area contributed by atoms with Gasteiger partial charge in [0.25, 0.3) is 0 Å². The van der Waals surface area contributed by atoms with Crippen LogP contribution in [0.3, 0.4) is 0 Å². The molecular weight excluding hydrogens is 430 g/mol. The average molecular weight is 461 g/mol. The Morgan fingerprint density at radius 1 is 1.24 bits per heavy atom. The molecule has 33 heavy (non-hydrogen) atoms. The van der Waals surface area contributed by atoms with Gasteiger partial charge in [-0.25, -0.2) is 18.6 Å². The number of hydrogen-bond donors (Lipinski definition) is 2. The molecule has 1 fully saturated rings. The first-order valence-electron chi connectivity index (χ1n) is 10.8. The molecule has 1 aliphatic heterocycles. The zero-order valence-corrected chi connectivity index (χ0v) is 19.4. The number of benzene rings is 1. The third kappa shape index (κ3) is 5.65. The first-order chi connectivity index (χ1) is 15.7. The van der Waals surface area contributed by atoms with E-state index in [1.165, 1.54) is 26.4 Å². The molecule has 9 heteroatoms. The number of halogens is 2.